The molecule has 6 heteroatoms. The molecule has 1 aromatic carbocycles. The van der Waals surface area contributed by atoms with Crippen molar-refractivity contribution in [2.24, 2.45) is 7.05 Å². The highest BCUT2D eigenvalue weighted by Crippen LogP contribution is 2.26. The minimum atomic E-state index is 0.0444. The van der Waals surface area contributed by atoms with E-state index in [2.05, 4.69) is 16.4 Å². The Balaban J connectivity index is 1.52. The van der Waals surface area contributed by atoms with Crippen molar-refractivity contribution in [1.82, 2.24) is 9.55 Å². The van der Waals surface area contributed by atoms with Gasteiger partial charge in [-0.2, -0.15) is 0 Å². The first-order chi connectivity index (χ1) is 11.2. The molecule has 2 aromatic heterocycles. The topological polar surface area (TPSA) is 46.9 Å². The normalized spacial score (nSPS) is 10.7. The molecule has 0 aliphatic carbocycles. The molecular weight excluding hydrogens is 326 g/mol. The summed E-state index contributed by atoms with van der Waals surface area (Å²) in [6.07, 6.45) is 5.00. The van der Waals surface area contributed by atoms with Gasteiger partial charge in [0, 0.05) is 41.3 Å². The molecule has 0 bridgehead atoms. The SMILES string of the molecule is Cn1ccnc1Sc1ccc(NC(=O)CCc2cccs2)cc1. The van der Waals surface area contributed by atoms with Gasteiger partial charge < -0.3 is 9.88 Å². The number of aryl methyl sites for hydroxylation is 2. The molecule has 118 valence electrons. The highest BCUT2D eigenvalue weighted by molar-refractivity contribution is 7.99. The Morgan fingerprint density at radius 3 is 2.78 bits per heavy atom. The third-order valence-corrected chi connectivity index (χ3v) is 5.32. The predicted molar refractivity (Wildman–Crippen MR) is 95.0 cm³/mol. The zero-order valence-electron chi connectivity index (χ0n) is 12.7. The summed E-state index contributed by atoms with van der Waals surface area (Å²) in [5, 5.41) is 5.91. The van der Waals surface area contributed by atoms with Crippen LogP contribution in [0.3, 0.4) is 0 Å². The van der Waals surface area contributed by atoms with Crippen molar-refractivity contribution in [1.29, 1.82) is 0 Å². The van der Waals surface area contributed by atoms with Crippen LogP contribution in [0.4, 0.5) is 5.69 Å². The summed E-state index contributed by atoms with van der Waals surface area (Å²) in [4.78, 5) is 18.6. The van der Waals surface area contributed by atoms with E-state index >= 15 is 0 Å². The number of anilines is 1. The molecule has 1 N–H and O–H groups in total. The van der Waals surface area contributed by atoms with Crippen LogP contribution in [0.2, 0.25) is 0 Å². The molecular formula is C17H17N3OS2. The molecule has 0 saturated heterocycles. The zero-order chi connectivity index (χ0) is 16.1. The monoisotopic (exact) mass is 343 g/mol. The van der Waals surface area contributed by atoms with Crippen molar-refractivity contribution in [2.75, 3.05) is 5.32 Å². The van der Waals surface area contributed by atoms with Gasteiger partial charge >= 0.3 is 0 Å². The molecule has 0 aliphatic rings. The van der Waals surface area contributed by atoms with Crippen molar-refractivity contribution in [3.63, 3.8) is 0 Å². The van der Waals surface area contributed by atoms with Gasteiger partial charge in [0.1, 0.15) is 0 Å². The van der Waals surface area contributed by atoms with Crippen molar-refractivity contribution >= 4 is 34.7 Å². The van der Waals surface area contributed by atoms with Crippen molar-refractivity contribution in [2.45, 2.75) is 22.9 Å². The number of thiophene rings is 1. The van der Waals surface area contributed by atoms with E-state index in [0.29, 0.717) is 6.42 Å². The Kier molecular flexibility index (Phi) is 5.15. The molecule has 3 aromatic rings. The van der Waals surface area contributed by atoms with Crippen molar-refractivity contribution in [3.8, 4) is 0 Å². The molecule has 0 radical (unpaired) electrons. The molecule has 0 saturated carbocycles. The number of aromatic nitrogens is 2. The maximum absolute atomic E-state index is 12.0. The molecule has 4 nitrogen and oxygen atoms in total. The quantitative estimate of drug-likeness (QED) is 0.729. The van der Waals surface area contributed by atoms with Gasteiger partial charge in [0.05, 0.1) is 0 Å². The fourth-order valence-electron chi connectivity index (χ4n) is 2.08. The van der Waals surface area contributed by atoms with E-state index in [1.54, 1.807) is 29.3 Å². The Bertz CT molecular complexity index is 764. The van der Waals surface area contributed by atoms with Crippen LogP contribution in [0, 0.1) is 0 Å². The summed E-state index contributed by atoms with van der Waals surface area (Å²) in [6, 6.07) is 11.9. The van der Waals surface area contributed by atoms with Crippen molar-refractivity contribution in [3.05, 3.63) is 59.0 Å². The number of hydrogen-bond donors (Lipinski definition) is 1. The van der Waals surface area contributed by atoms with Crippen LogP contribution < -0.4 is 5.32 Å². The minimum absolute atomic E-state index is 0.0444. The second-order valence-corrected chi connectivity index (χ2v) is 7.15. The van der Waals surface area contributed by atoms with Gasteiger partial charge in [-0.05, 0) is 42.1 Å². The fraction of sp³-hybridized carbons (Fsp3) is 0.176. The fourth-order valence-corrected chi connectivity index (χ4v) is 3.59. The lowest BCUT2D eigenvalue weighted by molar-refractivity contribution is -0.116. The third-order valence-electron chi connectivity index (χ3n) is 3.30. The Morgan fingerprint density at radius 2 is 2.13 bits per heavy atom. The van der Waals surface area contributed by atoms with Gasteiger partial charge in [0.15, 0.2) is 5.16 Å². The second-order valence-electron chi connectivity index (χ2n) is 5.07. The van der Waals surface area contributed by atoms with Gasteiger partial charge in [0.2, 0.25) is 5.91 Å². The van der Waals surface area contributed by atoms with Gasteiger partial charge in [-0.1, -0.05) is 17.8 Å². The van der Waals surface area contributed by atoms with E-state index in [-0.39, 0.29) is 5.91 Å². The van der Waals surface area contributed by atoms with E-state index in [1.807, 2.05) is 53.5 Å². The smallest absolute Gasteiger partial charge is 0.224 e. The molecule has 23 heavy (non-hydrogen) atoms. The third kappa shape index (κ3) is 4.46. The zero-order valence-corrected chi connectivity index (χ0v) is 14.4. The van der Waals surface area contributed by atoms with Crippen LogP contribution in [0.1, 0.15) is 11.3 Å². The second kappa shape index (κ2) is 7.48. The first kappa shape index (κ1) is 15.8. The van der Waals surface area contributed by atoms with Crippen LogP contribution in [0.15, 0.2) is 64.2 Å². The highest BCUT2D eigenvalue weighted by Gasteiger charge is 2.05. The lowest BCUT2D eigenvalue weighted by Gasteiger charge is -2.06. The minimum Gasteiger partial charge on any atom is -0.329 e. The van der Waals surface area contributed by atoms with E-state index in [4.69, 9.17) is 0 Å². The number of nitrogens with one attached hydrogen (secondary N) is 1. The standard InChI is InChI=1S/C17H17N3OS2/c1-20-11-10-18-17(20)23-15-6-4-13(5-7-15)19-16(21)9-8-14-3-2-12-22-14/h2-7,10-12H,8-9H2,1H3,(H,19,21). The first-order valence-electron chi connectivity index (χ1n) is 7.28. The number of nitrogens with zero attached hydrogens (tertiary/aromatic N) is 2. The molecule has 0 atom stereocenters. The molecule has 2 heterocycles. The maximum Gasteiger partial charge on any atom is 0.224 e. The van der Waals surface area contributed by atoms with E-state index < -0.39 is 0 Å². The number of amides is 1. The van der Waals surface area contributed by atoms with Gasteiger partial charge in [-0.15, -0.1) is 11.3 Å². The lowest BCUT2D eigenvalue weighted by Crippen LogP contribution is -2.11. The van der Waals surface area contributed by atoms with E-state index in [0.717, 1.165) is 22.2 Å². The summed E-state index contributed by atoms with van der Waals surface area (Å²) in [5.41, 5.74) is 0.824. The van der Waals surface area contributed by atoms with Crippen LogP contribution in [-0.4, -0.2) is 15.5 Å². The number of imidazole rings is 1. The summed E-state index contributed by atoms with van der Waals surface area (Å²) >= 11 is 3.28. The van der Waals surface area contributed by atoms with E-state index in [9.17, 15) is 4.79 Å². The van der Waals surface area contributed by atoms with Gasteiger partial charge in [0.25, 0.3) is 0 Å². The van der Waals surface area contributed by atoms with Crippen LogP contribution in [0.5, 0.6) is 0 Å². The molecule has 0 aliphatic heterocycles. The Labute approximate surface area is 143 Å². The van der Waals surface area contributed by atoms with Gasteiger partial charge in [-0.25, -0.2) is 4.98 Å². The Hall–Kier alpha value is -2.05. The molecule has 0 unspecified atom stereocenters. The lowest BCUT2D eigenvalue weighted by atomic mass is 10.2. The number of carbonyl (C=O) groups excluding carboxylic acids is 1. The average Bonchev–Trinajstić information content (AvgIpc) is 3.20. The number of benzene rings is 1. The first-order valence-corrected chi connectivity index (χ1v) is 8.98. The number of carbonyl (C=O) groups is 1. The summed E-state index contributed by atoms with van der Waals surface area (Å²) in [7, 11) is 1.97. The predicted octanol–water partition coefficient (Wildman–Crippen LogP) is 4.20. The van der Waals surface area contributed by atoms with Crippen LogP contribution in [-0.2, 0) is 18.3 Å². The largest absolute Gasteiger partial charge is 0.329 e. The number of hydrogen-bond acceptors (Lipinski definition) is 4. The summed E-state index contributed by atoms with van der Waals surface area (Å²) in [6.45, 7) is 0. The van der Waals surface area contributed by atoms with E-state index in [1.165, 1.54) is 4.88 Å². The molecule has 0 fully saturated rings. The molecule has 3 rings (SSSR count). The summed E-state index contributed by atoms with van der Waals surface area (Å²) < 4.78 is 1.98. The van der Waals surface area contributed by atoms with Crippen LogP contribution in [0.25, 0.3) is 0 Å². The Morgan fingerprint density at radius 1 is 1.30 bits per heavy atom. The molecule has 1 amide bonds. The van der Waals surface area contributed by atoms with Crippen molar-refractivity contribution < 1.29 is 4.79 Å². The van der Waals surface area contributed by atoms with Crippen LogP contribution >= 0.6 is 23.1 Å². The maximum atomic E-state index is 12.0. The summed E-state index contributed by atoms with van der Waals surface area (Å²) in [5.74, 6) is 0.0444. The average molecular weight is 343 g/mol. The molecule has 0 spiro atoms. The van der Waals surface area contributed by atoms with Gasteiger partial charge in [-0.3, -0.25) is 4.79 Å². The highest BCUT2D eigenvalue weighted by atomic mass is 32.2. The number of rotatable bonds is 6.